The van der Waals surface area contributed by atoms with Crippen LogP contribution in [-0.4, -0.2) is 56.2 Å². The van der Waals surface area contributed by atoms with Crippen LogP contribution in [0.25, 0.3) is 0 Å². The number of aliphatic hydroxyl groups excluding tert-OH is 1. The summed E-state index contributed by atoms with van der Waals surface area (Å²) in [7, 11) is -3.55. The molecule has 228 valence electrons. The lowest BCUT2D eigenvalue weighted by Crippen LogP contribution is -2.49. The fourth-order valence-electron chi connectivity index (χ4n) is 7.04. The monoisotopic (exact) mass is 616 g/mol. The van der Waals surface area contributed by atoms with Crippen molar-refractivity contribution in [3.8, 4) is 5.75 Å². The number of fused-ring (bicyclic) bond motifs is 3. The third-order valence-corrected chi connectivity index (χ3v) is 10.7. The maximum Gasteiger partial charge on any atom is 0.335 e. The number of benzene rings is 2. The van der Waals surface area contributed by atoms with Crippen LogP contribution in [0.5, 0.6) is 5.75 Å². The number of anilines is 1. The molecule has 5 atom stereocenters. The summed E-state index contributed by atoms with van der Waals surface area (Å²) in [5, 5.41) is 26.8. The molecule has 1 heterocycles. The van der Waals surface area contributed by atoms with Crippen molar-refractivity contribution >= 4 is 33.3 Å². The van der Waals surface area contributed by atoms with Gasteiger partial charge in [-0.25, -0.2) is 18.4 Å². The zero-order valence-electron chi connectivity index (χ0n) is 24.0. The van der Waals surface area contributed by atoms with E-state index >= 15 is 0 Å². The lowest BCUT2D eigenvalue weighted by atomic mass is 9.68. The Morgan fingerprint density at radius 3 is 2.76 bits per heavy atom. The van der Waals surface area contributed by atoms with E-state index in [0.29, 0.717) is 38.3 Å². The van der Waals surface area contributed by atoms with Crippen molar-refractivity contribution in [2.24, 2.45) is 22.9 Å². The molecule has 1 unspecified atom stereocenters. The largest absolute Gasteiger partial charge is 0.490 e. The van der Waals surface area contributed by atoms with Gasteiger partial charge in [-0.15, -0.1) is 0 Å². The van der Waals surface area contributed by atoms with E-state index in [1.165, 1.54) is 11.1 Å². The number of hydrogen-bond donors (Lipinski definition) is 3. The van der Waals surface area contributed by atoms with Crippen molar-refractivity contribution in [3.63, 3.8) is 0 Å². The molecule has 5 rings (SSSR count). The highest BCUT2D eigenvalue weighted by molar-refractivity contribution is 7.89. The van der Waals surface area contributed by atoms with Crippen molar-refractivity contribution in [2.45, 2.75) is 63.4 Å². The third-order valence-electron chi connectivity index (χ3n) is 9.50. The average Bonchev–Trinajstić information content (AvgIpc) is 3.06. The molecule has 0 amide bonds. The number of allylic oxidation sites excluding steroid dienone is 1. The molecule has 8 nitrogen and oxygen atoms in total. The maximum absolute atomic E-state index is 11.9. The Bertz CT molecular complexity index is 1450. The molecule has 42 heavy (non-hydrogen) atoms. The zero-order chi connectivity index (χ0) is 30.1. The van der Waals surface area contributed by atoms with Crippen molar-refractivity contribution in [3.05, 3.63) is 70.3 Å². The van der Waals surface area contributed by atoms with Gasteiger partial charge >= 0.3 is 5.97 Å². The third kappa shape index (κ3) is 6.80. The smallest absolute Gasteiger partial charge is 0.335 e. The van der Waals surface area contributed by atoms with Crippen LogP contribution in [0.3, 0.4) is 0 Å². The lowest BCUT2D eigenvalue weighted by Gasteiger charge is -2.45. The first-order valence-corrected chi connectivity index (χ1v) is 17.0. The first-order valence-electron chi connectivity index (χ1n) is 14.9. The lowest BCUT2D eigenvalue weighted by molar-refractivity contribution is 0.0456. The Morgan fingerprint density at radius 2 is 2.07 bits per heavy atom. The number of aryl methyl sites for hydroxylation is 1. The van der Waals surface area contributed by atoms with Gasteiger partial charge < -0.3 is 19.8 Å². The van der Waals surface area contributed by atoms with E-state index in [9.17, 15) is 23.4 Å². The second-order valence-corrected chi connectivity index (χ2v) is 14.4. The molecule has 2 aromatic carbocycles. The average molecular weight is 617 g/mol. The van der Waals surface area contributed by atoms with E-state index in [2.05, 4.69) is 17.0 Å². The number of halogens is 1. The van der Waals surface area contributed by atoms with Crippen molar-refractivity contribution in [1.82, 2.24) is 0 Å². The van der Waals surface area contributed by atoms with Crippen LogP contribution in [-0.2, 0) is 21.9 Å². The van der Waals surface area contributed by atoms with Gasteiger partial charge in [-0.1, -0.05) is 43.2 Å². The molecule has 0 radical (unpaired) electrons. The zero-order valence-corrected chi connectivity index (χ0v) is 25.6. The number of carboxylic acids is 1. The molecule has 1 spiro atoms. The molecule has 4 N–H and O–H groups in total. The predicted octanol–water partition coefficient (Wildman–Crippen LogP) is 5.16. The summed E-state index contributed by atoms with van der Waals surface area (Å²) in [4.78, 5) is 14.2. The number of rotatable bonds is 10. The number of nitrogens with zero attached hydrogens (tertiary/aromatic N) is 1. The molecular weight excluding hydrogens is 576 g/mol. The van der Waals surface area contributed by atoms with E-state index < -0.39 is 22.1 Å². The number of nitrogens with two attached hydrogens (primary N) is 1. The van der Waals surface area contributed by atoms with E-state index in [1.807, 2.05) is 19.1 Å². The summed E-state index contributed by atoms with van der Waals surface area (Å²) in [5.41, 5.74) is 3.21. The number of primary sulfonamides is 1. The van der Waals surface area contributed by atoms with Crippen LogP contribution >= 0.6 is 11.6 Å². The predicted molar refractivity (Wildman–Crippen MR) is 165 cm³/mol. The number of aliphatic hydroxyl groups is 1. The van der Waals surface area contributed by atoms with E-state index in [0.717, 1.165) is 42.8 Å². The van der Waals surface area contributed by atoms with E-state index in [1.54, 1.807) is 24.3 Å². The molecule has 1 saturated carbocycles. The first-order chi connectivity index (χ1) is 20.0. The Kier molecular flexibility index (Phi) is 9.23. The summed E-state index contributed by atoms with van der Waals surface area (Å²) >= 11 is 6.36. The van der Waals surface area contributed by atoms with Gasteiger partial charge in [-0.3, -0.25) is 0 Å². The Balaban J connectivity index is 1.38. The number of carboxylic acid groups (broad SMARTS) is 1. The van der Waals surface area contributed by atoms with Gasteiger partial charge in [-0.05, 0) is 97.7 Å². The highest BCUT2D eigenvalue weighted by Gasteiger charge is 2.44. The molecule has 0 saturated heterocycles. The standard InChI is InChI=1S/C32H41ClN2O6S/c1-2-21(18-42(34,39)40)5-3-7-29(36)26-11-8-24(26)17-35-19-32(14-4-6-22-15-25(33)10-12-27(22)32)20-41-30-13-9-23(31(37)38)16-28(30)35/h3,7,9-10,12-13,15-16,21,24,26,29,36H,2,4-6,8,11,14,17-20H2,1H3,(H,37,38)(H2,34,39,40)/b7-3+/t21-,24+,26-,29+,32?/m1/s1. The number of carbonyl (C=O) groups is 1. The molecule has 0 aromatic heterocycles. The summed E-state index contributed by atoms with van der Waals surface area (Å²) in [5.74, 6) is -0.188. The van der Waals surface area contributed by atoms with Crippen molar-refractivity contribution in [2.75, 3.05) is 30.3 Å². The SMILES string of the molecule is CC[C@H](C/C=C/[C@H](O)[C@@H]1CC[C@H]1CN1CC2(CCCc3cc(Cl)ccc32)COc2ccc(C(=O)O)cc21)CS(N)(=O)=O. The minimum Gasteiger partial charge on any atom is -0.490 e. The van der Waals surface area contributed by atoms with Gasteiger partial charge in [0.1, 0.15) is 5.75 Å². The molecule has 1 fully saturated rings. The molecule has 2 aliphatic carbocycles. The quantitative estimate of drug-likeness (QED) is 0.314. The Morgan fingerprint density at radius 1 is 1.26 bits per heavy atom. The fourth-order valence-corrected chi connectivity index (χ4v) is 8.26. The molecular formula is C32H41ClN2O6S. The summed E-state index contributed by atoms with van der Waals surface area (Å²) in [6.45, 7) is 3.78. The number of aromatic carboxylic acids is 1. The molecule has 3 aliphatic rings. The van der Waals surface area contributed by atoms with Crippen LogP contribution in [0.4, 0.5) is 5.69 Å². The number of sulfonamides is 1. The van der Waals surface area contributed by atoms with E-state index in [4.69, 9.17) is 21.5 Å². The molecule has 1 aliphatic heterocycles. The maximum atomic E-state index is 11.9. The van der Waals surface area contributed by atoms with Crippen molar-refractivity contribution in [1.29, 1.82) is 0 Å². The Hall–Kier alpha value is -2.59. The van der Waals surface area contributed by atoms with E-state index in [-0.39, 0.29) is 34.5 Å². The second kappa shape index (κ2) is 12.6. The minimum absolute atomic E-state index is 0.0586. The highest BCUT2D eigenvalue weighted by atomic mass is 35.5. The van der Waals surface area contributed by atoms with Crippen LogP contribution < -0.4 is 14.8 Å². The summed E-state index contributed by atoms with van der Waals surface area (Å²) in [6, 6.07) is 11.2. The fraction of sp³-hybridized carbons (Fsp3) is 0.531. The highest BCUT2D eigenvalue weighted by Crippen LogP contribution is 2.46. The number of ether oxygens (including phenoxy) is 1. The first kappa shape index (κ1) is 30.9. The van der Waals surface area contributed by atoms with Crippen LogP contribution in [0.1, 0.15) is 66.9 Å². The summed E-state index contributed by atoms with van der Waals surface area (Å²) < 4.78 is 29.5. The van der Waals surface area contributed by atoms with Gasteiger partial charge in [0, 0.05) is 23.5 Å². The topological polar surface area (TPSA) is 130 Å². The second-order valence-electron chi connectivity index (χ2n) is 12.4. The van der Waals surface area contributed by atoms with Gasteiger partial charge in [-0.2, -0.15) is 0 Å². The molecule has 2 aromatic rings. The Labute approximate surface area is 253 Å². The van der Waals surface area contributed by atoms with Gasteiger partial charge in [0.15, 0.2) is 0 Å². The molecule has 0 bridgehead atoms. The number of hydrogen-bond acceptors (Lipinski definition) is 6. The van der Waals surface area contributed by atoms with Gasteiger partial charge in [0.05, 0.1) is 29.7 Å². The van der Waals surface area contributed by atoms with Crippen molar-refractivity contribution < 1.29 is 28.2 Å². The minimum atomic E-state index is -3.55. The molecule has 10 heteroatoms. The van der Waals surface area contributed by atoms with Crippen LogP contribution in [0.2, 0.25) is 5.02 Å². The normalized spacial score (nSPS) is 25.2. The van der Waals surface area contributed by atoms with Crippen LogP contribution in [0.15, 0.2) is 48.6 Å². The van der Waals surface area contributed by atoms with Gasteiger partial charge in [0.25, 0.3) is 0 Å². The van der Waals surface area contributed by atoms with Crippen LogP contribution in [0, 0.1) is 17.8 Å². The van der Waals surface area contributed by atoms with Gasteiger partial charge in [0.2, 0.25) is 10.0 Å². The summed E-state index contributed by atoms with van der Waals surface area (Å²) in [6.07, 6.45) is 9.06.